The van der Waals surface area contributed by atoms with Gasteiger partial charge >= 0.3 is 5.97 Å². The Hall–Kier alpha value is -4.69. The van der Waals surface area contributed by atoms with E-state index in [-0.39, 0.29) is 5.91 Å². The second-order valence-electron chi connectivity index (χ2n) is 14.1. The quantitative estimate of drug-likeness (QED) is 0.0925. The number of ether oxygens (including phenoxy) is 8. The van der Waals surface area contributed by atoms with E-state index < -0.39 is 24.0 Å². The van der Waals surface area contributed by atoms with Crippen LogP contribution < -0.4 is 28.4 Å². The third kappa shape index (κ3) is 10.5. The van der Waals surface area contributed by atoms with Crippen LogP contribution in [0, 0.1) is 0 Å². The Morgan fingerprint density at radius 1 is 0.810 bits per heavy atom. The van der Waals surface area contributed by atoms with E-state index in [9.17, 15) is 9.59 Å². The molecule has 14 heteroatoms. The third-order valence-corrected chi connectivity index (χ3v) is 11.9. The number of rotatable bonds is 18. The lowest BCUT2D eigenvalue weighted by molar-refractivity contribution is -0.162. The number of thiophene rings is 1. The van der Waals surface area contributed by atoms with E-state index in [4.69, 9.17) is 49.5 Å². The van der Waals surface area contributed by atoms with E-state index in [2.05, 4.69) is 4.90 Å². The van der Waals surface area contributed by atoms with Crippen LogP contribution in [0.2, 0.25) is 4.34 Å². The van der Waals surface area contributed by atoms with Crippen LogP contribution in [0.5, 0.6) is 34.5 Å². The minimum atomic E-state index is -0.808. The molecular weight excluding hydrogens is 784 g/mol. The number of likely N-dealkylation sites (tertiary alicyclic amines) is 1. The smallest absolute Gasteiger partial charge is 0.329 e. The summed E-state index contributed by atoms with van der Waals surface area (Å²) >= 11 is 7.76. The van der Waals surface area contributed by atoms with Crippen molar-refractivity contribution in [2.75, 3.05) is 81.5 Å². The Bertz CT molecular complexity index is 1960. The highest BCUT2D eigenvalue weighted by atomic mass is 35.5. The lowest BCUT2D eigenvalue weighted by Crippen LogP contribution is -2.50. The highest BCUT2D eigenvalue weighted by molar-refractivity contribution is 7.16. The number of aryl methyl sites for hydroxylation is 1. The van der Waals surface area contributed by atoms with Gasteiger partial charge in [-0.25, -0.2) is 4.79 Å². The molecule has 0 aliphatic carbocycles. The number of halogens is 1. The van der Waals surface area contributed by atoms with Crippen LogP contribution in [-0.4, -0.2) is 109 Å². The number of hydrogen-bond donors (Lipinski definition) is 0. The number of amides is 1. The summed E-state index contributed by atoms with van der Waals surface area (Å²) in [7, 11) is 7.80. The predicted molar refractivity (Wildman–Crippen MR) is 223 cm³/mol. The molecule has 12 nitrogen and oxygen atoms in total. The Labute approximate surface area is 349 Å². The molecule has 1 amide bonds. The van der Waals surface area contributed by atoms with Crippen molar-refractivity contribution < 1.29 is 47.5 Å². The molecule has 0 radical (unpaired) electrons. The zero-order valence-electron chi connectivity index (χ0n) is 33.8. The fraction of sp³-hybridized carbons (Fsp3) is 0.455. The summed E-state index contributed by atoms with van der Waals surface area (Å²) in [6.45, 7) is 4.89. The van der Waals surface area contributed by atoms with Crippen molar-refractivity contribution in [1.82, 2.24) is 9.80 Å². The fourth-order valence-corrected chi connectivity index (χ4v) is 8.74. The maximum Gasteiger partial charge on any atom is 0.329 e. The van der Waals surface area contributed by atoms with Crippen molar-refractivity contribution in [3.8, 4) is 34.5 Å². The van der Waals surface area contributed by atoms with E-state index in [1.54, 1.807) is 37.3 Å². The van der Waals surface area contributed by atoms with E-state index in [0.29, 0.717) is 76.8 Å². The minimum absolute atomic E-state index is 0.244. The SMILES string of the molecule is COc1ccc(CC[C@@H](OC(=O)[C@@H]2CCCCN2C(=O)[C@H](c2cc(OC)c(OC)c(OC)c2)c2ccc(Cl)s2)c2cccc(OCCN3CCOCC3)c2)cc1OC. The van der Waals surface area contributed by atoms with Gasteiger partial charge in [-0.2, -0.15) is 0 Å². The second-order valence-corrected chi connectivity index (χ2v) is 15.9. The molecule has 6 rings (SSSR count). The standard InChI is InChI=1S/C44H53ClN2O10S/c1-50-35-15-13-29(25-36(35)51-2)12-14-34(30-9-8-10-32(26-30)56-24-21-46-19-22-55-23-20-46)57-44(49)33-11-6-7-18-47(33)43(48)41(39-16-17-40(45)58-39)31-27-37(52-3)42(54-5)38(28-31)53-4/h8-10,13,15-17,25-28,33-34,41H,6-7,11-12,14,18-24H2,1-5H3/t33-,34+,41+/m0/s1. The van der Waals surface area contributed by atoms with Crippen molar-refractivity contribution >= 4 is 34.8 Å². The van der Waals surface area contributed by atoms with Gasteiger partial charge in [0.15, 0.2) is 23.0 Å². The molecule has 4 aromatic rings. The van der Waals surface area contributed by atoms with E-state index >= 15 is 0 Å². The fourth-order valence-electron chi connectivity index (χ4n) is 7.55. The zero-order valence-corrected chi connectivity index (χ0v) is 35.4. The average Bonchev–Trinajstić information content (AvgIpc) is 3.69. The molecule has 3 atom stereocenters. The first-order valence-corrected chi connectivity index (χ1v) is 20.8. The summed E-state index contributed by atoms with van der Waals surface area (Å²) in [5, 5.41) is 0. The molecule has 0 bridgehead atoms. The van der Waals surface area contributed by atoms with Gasteiger partial charge in [-0.1, -0.05) is 29.8 Å². The van der Waals surface area contributed by atoms with Gasteiger partial charge in [0.2, 0.25) is 11.7 Å². The summed E-state index contributed by atoms with van der Waals surface area (Å²) < 4.78 is 46.6. The lowest BCUT2D eigenvalue weighted by Gasteiger charge is -2.37. The molecule has 312 valence electrons. The van der Waals surface area contributed by atoms with Crippen LogP contribution in [0.3, 0.4) is 0 Å². The normalized spacial score (nSPS) is 16.9. The molecule has 3 heterocycles. The Morgan fingerprint density at radius 2 is 1.55 bits per heavy atom. The molecule has 3 aromatic carbocycles. The van der Waals surface area contributed by atoms with E-state index in [1.165, 1.54) is 32.7 Å². The molecule has 0 unspecified atom stereocenters. The van der Waals surface area contributed by atoms with Crippen molar-refractivity contribution in [3.63, 3.8) is 0 Å². The molecule has 0 N–H and O–H groups in total. The number of nitrogens with zero attached hydrogens (tertiary/aromatic N) is 2. The monoisotopic (exact) mass is 836 g/mol. The summed E-state index contributed by atoms with van der Waals surface area (Å²) in [6, 6.07) is 19.9. The number of piperidine rings is 1. The predicted octanol–water partition coefficient (Wildman–Crippen LogP) is 7.59. The van der Waals surface area contributed by atoms with Gasteiger partial charge in [-0.3, -0.25) is 9.69 Å². The highest BCUT2D eigenvalue weighted by Crippen LogP contribution is 2.44. The van der Waals surface area contributed by atoms with Crippen molar-refractivity contribution in [2.45, 2.75) is 50.2 Å². The van der Waals surface area contributed by atoms with Crippen molar-refractivity contribution in [1.29, 1.82) is 0 Å². The summed E-state index contributed by atoms with van der Waals surface area (Å²) in [4.78, 5) is 34.2. The molecule has 2 aliphatic heterocycles. The van der Waals surface area contributed by atoms with E-state index in [1.807, 2.05) is 48.5 Å². The van der Waals surface area contributed by atoms with Gasteiger partial charge in [-0.05, 0) is 97.3 Å². The van der Waals surface area contributed by atoms with Gasteiger partial charge in [-0.15, -0.1) is 11.3 Å². The van der Waals surface area contributed by atoms with Gasteiger partial charge in [0.1, 0.15) is 24.5 Å². The molecule has 58 heavy (non-hydrogen) atoms. The summed E-state index contributed by atoms with van der Waals surface area (Å²) in [5.41, 5.74) is 2.41. The zero-order chi connectivity index (χ0) is 41.0. The number of benzene rings is 3. The topological polar surface area (TPSA) is 114 Å². The summed E-state index contributed by atoms with van der Waals surface area (Å²) in [5.74, 6) is 1.68. The van der Waals surface area contributed by atoms with Gasteiger partial charge < -0.3 is 42.8 Å². The number of morpholine rings is 1. The number of methoxy groups -OCH3 is 5. The maximum absolute atomic E-state index is 14.9. The molecule has 0 saturated carbocycles. The van der Waals surface area contributed by atoms with Crippen LogP contribution in [-0.2, 0) is 25.5 Å². The van der Waals surface area contributed by atoms with Gasteiger partial charge in [0.25, 0.3) is 0 Å². The Kier molecular flexibility index (Phi) is 15.4. The maximum atomic E-state index is 14.9. The van der Waals surface area contributed by atoms with Crippen LogP contribution >= 0.6 is 22.9 Å². The van der Waals surface area contributed by atoms with Crippen LogP contribution in [0.4, 0.5) is 0 Å². The molecule has 2 aliphatic rings. The molecule has 0 spiro atoms. The first-order valence-electron chi connectivity index (χ1n) is 19.6. The third-order valence-electron chi connectivity index (χ3n) is 10.6. The molecule has 2 fully saturated rings. The first kappa shape index (κ1) is 42.9. The minimum Gasteiger partial charge on any atom is -0.493 e. The van der Waals surface area contributed by atoms with Crippen molar-refractivity contribution in [3.05, 3.63) is 92.6 Å². The van der Waals surface area contributed by atoms with Crippen LogP contribution in [0.25, 0.3) is 0 Å². The van der Waals surface area contributed by atoms with Gasteiger partial charge in [0, 0.05) is 31.1 Å². The number of carbonyl (C=O) groups is 2. The van der Waals surface area contributed by atoms with Crippen molar-refractivity contribution in [2.24, 2.45) is 0 Å². The number of hydrogen-bond acceptors (Lipinski definition) is 12. The Morgan fingerprint density at radius 3 is 2.22 bits per heavy atom. The van der Waals surface area contributed by atoms with Crippen LogP contribution in [0.15, 0.2) is 66.7 Å². The highest BCUT2D eigenvalue weighted by Gasteiger charge is 2.39. The average molecular weight is 837 g/mol. The molecular formula is C44H53ClN2O10S. The largest absolute Gasteiger partial charge is 0.493 e. The number of esters is 1. The van der Waals surface area contributed by atoms with Gasteiger partial charge in [0.05, 0.1) is 59.0 Å². The summed E-state index contributed by atoms with van der Waals surface area (Å²) in [6.07, 6.45) is 2.40. The number of carbonyl (C=O) groups excluding carboxylic acids is 2. The van der Waals surface area contributed by atoms with Crippen LogP contribution in [0.1, 0.15) is 59.3 Å². The second kappa shape index (κ2) is 20.8. The molecule has 1 aromatic heterocycles. The lowest BCUT2D eigenvalue weighted by atomic mass is 9.92. The molecule has 2 saturated heterocycles. The first-order chi connectivity index (χ1) is 28.3. The van der Waals surface area contributed by atoms with E-state index in [0.717, 1.165) is 61.7 Å². The Balaban J connectivity index is 1.27.